The van der Waals surface area contributed by atoms with Crippen LogP contribution in [0.25, 0.3) is 0 Å². The van der Waals surface area contributed by atoms with Gasteiger partial charge in [0.25, 0.3) is 0 Å². The Balaban J connectivity index is 1.98. The molecular weight excluding hydrogens is 196 g/mol. The second kappa shape index (κ2) is 4.19. The molecule has 0 saturated heterocycles. The molecule has 1 aliphatic carbocycles. The monoisotopic (exact) mass is 218 g/mol. The van der Waals surface area contributed by atoms with Gasteiger partial charge in [0, 0.05) is 18.6 Å². The molecule has 88 valence electrons. The van der Waals surface area contributed by atoms with Gasteiger partial charge in [0.15, 0.2) is 0 Å². The van der Waals surface area contributed by atoms with Gasteiger partial charge >= 0.3 is 0 Å². The second-order valence-corrected chi connectivity index (χ2v) is 5.34. The molecule has 1 aromatic carbocycles. The molecule has 1 aromatic rings. The molecule has 0 bridgehead atoms. The molecule has 0 unspecified atom stereocenters. The van der Waals surface area contributed by atoms with Crippen LogP contribution in [-0.2, 0) is 6.54 Å². The number of hydrogen-bond acceptors (Lipinski definition) is 2. The van der Waals surface area contributed by atoms with E-state index in [4.69, 9.17) is 5.73 Å². The van der Waals surface area contributed by atoms with Crippen molar-refractivity contribution in [2.24, 2.45) is 5.73 Å². The molecule has 0 heterocycles. The zero-order valence-electron chi connectivity index (χ0n) is 10.6. The summed E-state index contributed by atoms with van der Waals surface area (Å²) in [5.41, 5.74) is 11.7. The van der Waals surface area contributed by atoms with Gasteiger partial charge in [-0.05, 0) is 50.3 Å². The van der Waals surface area contributed by atoms with E-state index in [9.17, 15) is 0 Å². The van der Waals surface area contributed by atoms with E-state index in [1.54, 1.807) is 0 Å². The molecular formula is C14H22N2. The average Bonchev–Trinajstić information content (AvgIpc) is 2.89. The lowest BCUT2D eigenvalue weighted by molar-refractivity contribution is 0.567. The maximum atomic E-state index is 6.05. The molecule has 1 fully saturated rings. The summed E-state index contributed by atoms with van der Waals surface area (Å²) in [5, 5.41) is 3.48. The van der Waals surface area contributed by atoms with Crippen LogP contribution in [0.5, 0.6) is 0 Å². The lowest BCUT2D eigenvalue weighted by Crippen LogP contribution is -2.35. The highest BCUT2D eigenvalue weighted by molar-refractivity contribution is 5.37. The van der Waals surface area contributed by atoms with Crippen molar-refractivity contribution in [2.75, 3.05) is 6.54 Å². The van der Waals surface area contributed by atoms with Gasteiger partial charge in [0.2, 0.25) is 0 Å². The summed E-state index contributed by atoms with van der Waals surface area (Å²) in [6.07, 6.45) is 2.34. The topological polar surface area (TPSA) is 38.0 Å². The fourth-order valence-corrected chi connectivity index (χ4v) is 2.26. The van der Waals surface area contributed by atoms with Crippen molar-refractivity contribution in [3.63, 3.8) is 0 Å². The zero-order chi connectivity index (χ0) is 11.8. The van der Waals surface area contributed by atoms with E-state index in [-0.39, 0.29) is 5.54 Å². The van der Waals surface area contributed by atoms with Crippen LogP contribution in [0.1, 0.15) is 35.1 Å². The van der Waals surface area contributed by atoms with Gasteiger partial charge in [-0.2, -0.15) is 0 Å². The minimum atomic E-state index is 0.104. The van der Waals surface area contributed by atoms with Gasteiger partial charge < -0.3 is 11.1 Å². The molecule has 0 amide bonds. The van der Waals surface area contributed by atoms with Crippen molar-refractivity contribution in [3.05, 3.63) is 34.4 Å². The van der Waals surface area contributed by atoms with Crippen molar-refractivity contribution in [1.29, 1.82) is 0 Å². The van der Waals surface area contributed by atoms with E-state index in [1.807, 2.05) is 0 Å². The first kappa shape index (κ1) is 11.6. The number of aryl methyl sites for hydroxylation is 3. The van der Waals surface area contributed by atoms with Crippen molar-refractivity contribution in [2.45, 2.75) is 45.7 Å². The number of hydrogen-bond donors (Lipinski definition) is 2. The molecule has 2 rings (SSSR count). The molecule has 1 aliphatic rings. The number of rotatable bonds is 4. The molecule has 0 aromatic heterocycles. The summed E-state index contributed by atoms with van der Waals surface area (Å²) in [6.45, 7) is 8.41. The smallest absolute Gasteiger partial charge is 0.0282 e. The minimum absolute atomic E-state index is 0.104. The van der Waals surface area contributed by atoms with Crippen LogP contribution < -0.4 is 11.1 Å². The SMILES string of the molecule is Cc1cc(C)c(CNCC2(N)CC2)c(C)c1. The third-order valence-corrected chi connectivity index (χ3v) is 3.51. The van der Waals surface area contributed by atoms with Gasteiger partial charge in [0.05, 0.1) is 0 Å². The summed E-state index contributed by atoms with van der Waals surface area (Å²) in [4.78, 5) is 0. The Morgan fingerprint density at radius 3 is 2.25 bits per heavy atom. The van der Waals surface area contributed by atoms with Gasteiger partial charge in [-0.15, -0.1) is 0 Å². The Labute approximate surface area is 98.2 Å². The lowest BCUT2D eigenvalue weighted by Gasteiger charge is -2.14. The van der Waals surface area contributed by atoms with Gasteiger partial charge in [-0.3, -0.25) is 0 Å². The fourth-order valence-electron chi connectivity index (χ4n) is 2.26. The number of nitrogens with two attached hydrogens (primary N) is 1. The quantitative estimate of drug-likeness (QED) is 0.813. The summed E-state index contributed by atoms with van der Waals surface area (Å²) in [5.74, 6) is 0. The predicted molar refractivity (Wildman–Crippen MR) is 68.5 cm³/mol. The maximum Gasteiger partial charge on any atom is 0.0282 e. The van der Waals surface area contributed by atoms with Crippen LogP contribution in [0.2, 0.25) is 0 Å². The standard InChI is InChI=1S/C14H22N2/c1-10-6-11(2)13(12(3)7-10)8-16-9-14(15)4-5-14/h6-7,16H,4-5,8-9,15H2,1-3H3. The Kier molecular flexibility index (Phi) is 3.04. The predicted octanol–water partition coefficient (Wildman–Crippen LogP) is 2.19. The van der Waals surface area contributed by atoms with Crippen molar-refractivity contribution >= 4 is 0 Å². The Morgan fingerprint density at radius 2 is 1.75 bits per heavy atom. The third kappa shape index (κ3) is 2.63. The van der Waals surface area contributed by atoms with E-state index in [2.05, 4.69) is 38.2 Å². The molecule has 0 spiro atoms. The summed E-state index contributed by atoms with van der Waals surface area (Å²) in [6, 6.07) is 4.50. The Hall–Kier alpha value is -0.860. The minimum Gasteiger partial charge on any atom is -0.324 e. The molecule has 16 heavy (non-hydrogen) atoms. The Bertz CT molecular complexity index is 369. The maximum absolute atomic E-state index is 6.05. The van der Waals surface area contributed by atoms with Crippen LogP contribution in [0, 0.1) is 20.8 Å². The van der Waals surface area contributed by atoms with E-state index >= 15 is 0 Å². The van der Waals surface area contributed by atoms with Gasteiger partial charge in [0.1, 0.15) is 0 Å². The largest absolute Gasteiger partial charge is 0.324 e. The van der Waals surface area contributed by atoms with E-state index in [1.165, 1.54) is 35.1 Å². The molecule has 2 nitrogen and oxygen atoms in total. The van der Waals surface area contributed by atoms with E-state index in [0.29, 0.717) is 0 Å². The van der Waals surface area contributed by atoms with Crippen LogP contribution in [-0.4, -0.2) is 12.1 Å². The average molecular weight is 218 g/mol. The van der Waals surface area contributed by atoms with Gasteiger partial charge in [-0.25, -0.2) is 0 Å². The first-order chi connectivity index (χ1) is 7.50. The van der Waals surface area contributed by atoms with Crippen LogP contribution in [0.3, 0.4) is 0 Å². The van der Waals surface area contributed by atoms with E-state index < -0.39 is 0 Å². The van der Waals surface area contributed by atoms with Crippen molar-refractivity contribution < 1.29 is 0 Å². The lowest BCUT2D eigenvalue weighted by atomic mass is 10.00. The van der Waals surface area contributed by atoms with Gasteiger partial charge in [-0.1, -0.05) is 17.7 Å². The molecule has 2 heteroatoms. The van der Waals surface area contributed by atoms with E-state index in [0.717, 1.165) is 13.1 Å². The first-order valence-corrected chi connectivity index (χ1v) is 6.06. The molecule has 0 aliphatic heterocycles. The summed E-state index contributed by atoms with van der Waals surface area (Å²) in [7, 11) is 0. The zero-order valence-corrected chi connectivity index (χ0v) is 10.6. The molecule has 1 saturated carbocycles. The fraction of sp³-hybridized carbons (Fsp3) is 0.571. The highest BCUT2D eigenvalue weighted by atomic mass is 15.0. The highest BCUT2D eigenvalue weighted by Crippen LogP contribution is 2.31. The normalized spacial score (nSPS) is 17.5. The number of nitrogens with one attached hydrogen (secondary N) is 1. The third-order valence-electron chi connectivity index (χ3n) is 3.51. The molecule has 0 atom stereocenters. The van der Waals surface area contributed by atoms with Crippen LogP contribution >= 0.6 is 0 Å². The highest BCUT2D eigenvalue weighted by Gasteiger charge is 2.37. The summed E-state index contributed by atoms with van der Waals surface area (Å²) >= 11 is 0. The number of benzene rings is 1. The Morgan fingerprint density at radius 1 is 1.19 bits per heavy atom. The molecule has 0 radical (unpaired) electrons. The first-order valence-electron chi connectivity index (χ1n) is 6.06. The van der Waals surface area contributed by atoms with Crippen LogP contribution in [0.15, 0.2) is 12.1 Å². The van der Waals surface area contributed by atoms with Crippen molar-refractivity contribution in [1.82, 2.24) is 5.32 Å². The second-order valence-electron chi connectivity index (χ2n) is 5.34. The molecule has 3 N–H and O–H groups in total. The van der Waals surface area contributed by atoms with Crippen molar-refractivity contribution in [3.8, 4) is 0 Å². The summed E-state index contributed by atoms with van der Waals surface area (Å²) < 4.78 is 0. The van der Waals surface area contributed by atoms with Crippen LogP contribution in [0.4, 0.5) is 0 Å².